The number of rotatable bonds is 2. The summed E-state index contributed by atoms with van der Waals surface area (Å²) >= 11 is 0. The molecule has 4 heteroatoms. The summed E-state index contributed by atoms with van der Waals surface area (Å²) in [6.07, 6.45) is 20.7. The van der Waals surface area contributed by atoms with E-state index in [9.17, 15) is 0 Å². The van der Waals surface area contributed by atoms with Gasteiger partial charge in [-0.25, -0.2) is 0 Å². The number of nitrogens with zero attached hydrogens (tertiary/aromatic N) is 4. The van der Waals surface area contributed by atoms with Crippen LogP contribution in [0.1, 0.15) is 77.0 Å². The summed E-state index contributed by atoms with van der Waals surface area (Å²) in [5.41, 5.74) is 4.96. The van der Waals surface area contributed by atoms with Gasteiger partial charge in [-0.05, 0) is 87.5 Å². The van der Waals surface area contributed by atoms with Crippen LogP contribution in [0.4, 0.5) is 11.4 Å². The Morgan fingerprint density at radius 3 is 1.47 bits per heavy atom. The normalized spacial score (nSPS) is 29.8. The van der Waals surface area contributed by atoms with Crippen LogP contribution in [0, 0.1) is 11.8 Å². The van der Waals surface area contributed by atoms with Crippen LogP contribution < -0.4 is 9.80 Å². The Kier molecular flexibility index (Phi) is 5.36. The second-order valence-electron chi connectivity index (χ2n) is 11.4. The van der Waals surface area contributed by atoms with Crippen LogP contribution in [0.2, 0.25) is 0 Å². The fourth-order valence-electron chi connectivity index (χ4n) is 8.15. The fourth-order valence-corrected chi connectivity index (χ4v) is 8.15. The minimum atomic E-state index is 0.708. The average Bonchev–Trinajstić information content (AvgIpc) is 2.91. The van der Waals surface area contributed by atoms with E-state index in [1.54, 1.807) is 0 Å². The zero-order chi connectivity index (χ0) is 22.5. The van der Waals surface area contributed by atoms with E-state index in [1.807, 2.05) is 12.4 Å². The van der Waals surface area contributed by atoms with Gasteiger partial charge in [0.25, 0.3) is 0 Å². The van der Waals surface area contributed by atoms with Gasteiger partial charge in [-0.15, -0.1) is 0 Å². The van der Waals surface area contributed by atoms with E-state index >= 15 is 0 Å². The number of aromatic nitrogens is 2. The third-order valence-electron chi connectivity index (χ3n) is 9.68. The summed E-state index contributed by atoms with van der Waals surface area (Å²) in [5.74, 6) is 1.75. The molecule has 4 heterocycles. The van der Waals surface area contributed by atoms with Crippen LogP contribution in [0.3, 0.4) is 0 Å². The van der Waals surface area contributed by atoms with Gasteiger partial charge >= 0.3 is 0 Å². The third-order valence-corrected chi connectivity index (χ3v) is 9.68. The van der Waals surface area contributed by atoms with Crippen molar-refractivity contribution in [2.45, 2.75) is 89.1 Å². The van der Waals surface area contributed by atoms with Gasteiger partial charge in [0.05, 0.1) is 11.0 Å². The van der Waals surface area contributed by atoms with Crippen molar-refractivity contribution in [3.8, 4) is 0 Å². The molecule has 0 radical (unpaired) electrons. The van der Waals surface area contributed by atoms with Crippen LogP contribution in [-0.4, -0.2) is 35.1 Å². The molecular formula is C30H38N4. The Balaban J connectivity index is 1.32. The van der Waals surface area contributed by atoms with Crippen LogP contribution in [-0.2, 0) is 0 Å². The smallest absolute Gasteiger partial charge is 0.0986 e. The van der Waals surface area contributed by atoms with Crippen molar-refractivity contribution in [2.75, 3.05) is 22.9 Å². The molecule has 2 saturated heterocycles. The van der Waals surface area contributed by atoms with Crippen LogP contribution >= 0.6 is 0 Å². The Bertz CT molecular complexity index is 1090. The van der Waals surface area contributed by atoms with E-state index in [4.69, 9.17) is 9.97 Å². The molecule has 0 N–H and O–H groups in total. The molecule has 0 amide bonds. The van der Waals surface area contributed by atoms with Crippen molar-refractivity contribution in [3.63, 3.8) is 0 Å². The van der Waals surface area contributed by atoms with Gasteiger partial charge in [-0.3, -0.25) is 9.97 Å². The SMILES string of the molecule is c1cc(N2CCCC3CCCCC32)c2ccc3c(N4CCCC5CCCCC54)ccnc3c2n1. The maximum absolute atomic E-state index is 4.93. The minimum absolute atomic E-state index is 0.708. The highest BCUT2D eigenvalue weighted by molar-refractivity contribution is 6.10. The quantitative estimate of drug-likeness (QED) is 0.387. The Morgan fingerprint density at radius 2 is 0.971 bits per heavy atom. The summed E-state index contributed by atoms with van der Waals surface area (Å²) in [5, 5.41) is 2.58. The van der Waals surface area contributed by atoms with E-state index in [0.717, 1.165) is 22.9 Å². The lowest BCUT2D eigenvalue weighted by atomic mass is 9.78. The van der Waals surface area contributed by atoms with Crippen molar-refractivity contribution >= 4 is 33.2 Å². The third kappa shape index (κ3) is 3.39. The first-order valence-corrected chi connectivity index (χ1v) is 14.1. The fraction of sp³-hybridized carbons (Fsp3) is 0.600. The highest BCUT2D eigenvalue weighted by Gasteiger charge is 2.35. The molecule has 4 fully saturated rings. The van der Waals surface area contributed by atoms with E-state index in [2.05, 4.69) is 34.1 Å². The molecule has 4 nitrogen and oxygen atoms in total. The minimum Gasteiger partial charge on any atom is -0.368 e. The second-order valence-corrected chi connectivity index (χ2v) is 11.4. The molecule has 1 aromatic carbocycles. The molecule has 178 valence electrons. The topological polar surface area (TPSA) is 32.3 Å². The molecule has 2 aliphatic carbocycles. The first kappa shape index (κ1) is 21.0. The molecule has 0 bridgehead atoms. The molecular weight excluding hydrogens is 416 g/mol. The molecule has 2 aliphatic heterocycles. The molecule has 3 aromatic rings. The van der Waals surface area contributed by atoms with Crippen LogP contribution in [0.15, 0.2) is 36.7 Å². The van der Waals surface area contributed by atoms with Gasteiger partial charge < -0.3 is 9.80 Å². The zero-order valence-corrected chi connectivity index (χ0v) is 20.5. The van der Waals surface area contributed by atoms with Crippen molar-refractivity contribution in [1.82, 2.24) is 9.97 Å². The average molecular weight is 455 g/mol. The lowest BCUT2D eigenvalue weighted by molar-refractivity contribution is 0.244. The first-order chi connectivity index (χ1) is 16.9. The van der Waals surface area contributed by atoms with E-state index in [1.165, 1.54) is 112 Å². The van der Waals surface area contributed by atoms with Crippen LogP contribution in [0.5, 0.6) is 0 Å². The predicted octanol–water partition coefficient (Wildman–Crippen LogP) is 7.10. The summed E-state index contributed by atoms with van der Waals surface area (Å²) in [7, 11) is 0. The van der Waals surface area contributed by atoms with Gasteiger partial charge in [0.1, 0.15) is 0 Å². The van der Waals surface area contributed by atoms with E-state index in [0.29, 0.717) is 12.1 Å². The molecule has 0 spiro atoms. The number of anilines is 2. The van der Waals surface area contributed by atoms with Gasteiger partial charge in [0.2, 0.25) is 0 Å². The standard InChI is InChI=1S/C30H38N4/c1-3-11-25-21(7-1)9-5-19-33(25)27-15-17-31-29-23(27)13-14-24-28(16-18-32-30(24)29)34-20-6-10-22-8-2-4-12-26(22)34/h13-18,21-22,25-26H,1-12,19-20H2. The molecule has 4 unspecified atom stereocenters. The molecule has 2 aromatic heterocycles. The second kappa shape index (κ2) is 8.70. The lowest BCUT2D eigenvalue weighted by Crippen LogP contribution is -2.47. The highest BCUT2D eigenvalue weighted by atomic mass is 15.2. The van der Waals surface area contributed by atoms with Crippen molar-refractivity contribution in [2.24, 2.45) is 11.8 Å². The molecule has 4 atom stereocenters. The van der Waals surface area contributed by atoms with Crippen molar-refractivity contribution < 1.29 is 0 Å². The van der Waals surface area contributed by atoms with Gasteiger partial charge in [0.15, 0.2) is 0 Å². The van der Waals surface area contributed by atoms with Gasteiger partial charge in [0, 0.05) is 59.7 Å². The monoisotopic (exact) mass is 454 g/mol. The predicted molar refractivity (Wildman–Crippen MR) is 142 cm³/mol. The summed E-state index contributed by atoms with van der Waals surface area (Å²) in [4.78, 5) is 15.3. The Labute approximate surface area is 203 Å². The van der Waals surface area contributed by atoms with Crippen LogP contribution in [0.25, 0.3) is 21.8 Å². The first-order valence-electron chi connectivity index (χ1n) is 14.1. The summed E-state index contributed by atoms with van der Waals surface area (Å²) < 4.78 is 0. The number of piperidine rings is 2. The molecule has 34 heavy (non-hydrogen) atoms. The van der Waals surface area contributed by atoms with E-state index < -0.39 is 0 Å². The number of pyridine rings is 2. The number of hydrogen-bond acceptors (Lipinski definition) is 4. The lowest BCUT2D eigenvalue weighted by Gasteiger charge is -2.46. The number of fused-ring (bicyclic) bond motifs is 5. The summed E-state index contributed by atoms with van der Waals surface area (Å²) in [6.45, 7) is 2.37. The Morgan fingerprint density at radius 1 is 0.529 bits per heavy atom. The van der Waals surface area contributed by atoms with Gasteiger partial charge in [-0.1, -0.05) is 25.7 Å². The van der Waals surface area contributed by atoms with E-state index in [-0.39, 0.29) is 0 Å². The molecule has 2 saturated carbocycles. The highest BCUT2D eigenvalue weighted by Crippen LogP contribution is 2.43. The summed E-state index contributed by atoms with van der Waals surface area (Å²) in [6, 6.07) is 10.7. The Hall–Kier alpha value is -2.36. The maximum atomic E-state index is 4.93. The van der Waals surface area contributed by atoms with Crippen molar-refractivity contribution in [3.05, 3.63) is 36.7 Å². The number of hydrogen-bond donors (Lipinski definition) is 0. The number of benzene rings is 1. The molecule has 7 rings (SSSR count). The van der Waals surface area contributed by atoms with Gasteiger partial charge in [-0.2, -0.15) is 0 Å². The largest absolute Gasteiger partial charge is 0.368 e. The molecule has 4 aliphatic rings. The van der Waals surface area contributed by atoms with Crippen molar-refractivity contribution in [1.29, 1.82) is 0 Å². The zero-order valence-electron chi connectivity index (χ0n) is 20.5. The maximum Gasteiger partial charge on any atom is 0.0986 e.